The van der Waals surface area contributed by atoms with Crippen molar-refractivity contribution < 1.29 is 13.7 Å². The van der Waals surface area contributed by atoms with Gasteiger partial charge in [-0.15, -0.1) is 0 Å². The highest BCUT2D eigenvalue weighted by Crippen LogP contribution is 2.30. The molecule has 0 bridgehead atoms. The predicted molar refractivity (Wildman–Crippen MR) is 116 cm³/mol. The Morgan fingerprint density at radius 2 is 2.07 bits per heavy atom. The summed E-state index contributed by atoms with van der Waals surface area (Å²) in [5, 5.41) is 0.923. The number of ether oxygens (including phenoxy) is 2. The second kappa shape index (κ2) is 9.19. The monoisotopic (exact) mass is 418 g/mol. The lowest BCUT2D eigenvalue weighted by Gasteiger charge is -2.34. The van der Waals surface area contributed by atoms with E-state index in [2.05, 4.69) is 26.8 Å². The van der Waals surface area contributed by atoms with E-state index in [-0.39, 0.29) is 6.04 Å². The Bertz CT molecular complexity index is 1000. The molecule has 10 heteroatoms. The van der Waals surface area contributed by atoms with E-state index >= 15 is 0 Å². The average molecular weight is 419 g/mol. The fourth-order valence-electron chi connectivity index (χ4n) is 3.09. The van der Waals surface area contributed by atoms with E-state index in [1.54, 1.807) is 25.7 Å². The van der Waals surface area contributed by atoms with E-state index in [1.807, 2.05) is 18.3 Å². The number of rotatable bonds is 3. The third kappa shape index (κ3) is 5.01. The molecule has 0 saturated carbocycles. The minimum Gasteiger partial charge on any atom is -0.481 e. The fraction of sp³-hybridized carbons (Fsp3) is 0.421. The van der Waals surface area contributed by atoms with E-state index in [4.69, 9.17) is 20.2 Å². The van der Waals surface area contributed by atoms with Crippen molar-refractivity contribution in [3.8, 4) is 17.3 Å². The first-order valence-corrected chi connectivity index (χ1v) is 11.1. The Hall–Kier alpha value is -2.72. The van der Waals surface area contributed by atoms with Gasteiger partial charge in [-0.1, -0.05) is 0 Å². The molecule has 4 heterocycles. The van der Waals surface area contributed by atoms with Gasteiger partial charge in [0.25, 0.3) is 0 Å². The molecule has 4 rings (SSSR count). The highest BCUT2D eigenvalue weighted by atomic mass is 32.2. The molecular weight excluding hydrogens is 392 g/mol. The van der Waals surface area contributed by atoms with Crippen LogP contribution in [0, 0.1) is 0 Å². The van der Waals surface area contributed by atoms with Gasteiger partial charge >= 0.3 is 0 Å². The quantitative estimate of drug-likeness (QED) is 0.661. The Morgan fingerprint density at radius 3 is 2.76 bits per heavy atom. The summed E-state index contributed by atoms with van der Waals surface area (Å²) in [6.45, 7) is 4.23. The molecule has 1 aliphatic rings. The highest BCUT2D eigenvalue weighted by Gasteiger charge is 2.22. The lowest BCUT2D eigenvalue weighted by molar-refractivity contribution is 0.0985. The summed E-state index contributed by atoms with van der Waals surface area (Å²) in [6.07, 6.45) is 5.11. The summed E-state index contributed by atoms with van der Waals surface area (Å²) in [7, 11) is 0.974. The zero-order chi connectivity index (χ0) is 21.0. The van der Waals surface area contributed by atoms with E-state index in [0.29, 0.717) is 30.7 Å². The van der Waals surface area contributed by atoms with Crippen LogP contribution in [0.15, 0.2) is 24.4 Å². The second-order valence-electron chi connectivity index (χ2n) is 6.79. The van der Waals surface area contributed by atoms with Crippen molar-refractivity contribution in [3.05, 3.63) is 24.4 Å². The van der Waals surface area contributed by atoms with Crippen molar-refractivity contribution in [2.24, 2.45) is 0 Å². The van der Waals surface area contributed by atoms with Gasteiger partial charge in [0.15, 0.2) is 5.82 Å². The molecule has 156 valence electrons. The van der Waals surface area contributed by atoms with Crippen LogP contribution in [0.25, 0.3) is 22.4 Å². The SMILES string of the molecule is COc1cc(-c2nc(N)cc(N3CCOCC3C)n2)c2cc[nH]c2n1.CS(C)=O. The van der Waals surface area contributed by atoms with Crippen molar-refractivity contribution in [3.63, 3.8) is 0 Å². The maximum Gasteiger partial charge on any atom is 0.215 e. The maximum absolute atomic E-state index is 9.56. The number of anilines is 2. The number of hydrogen-bond donors (Lipinski definition) is 2. The molecule has 1 aliphatic heterocycles. The number of methoxy groups -OCH3 is 1. The molecule has 0 aliphatic carbocycles. The van der Waals surface area contributed by atoms with Crippen LogP contribution in [0.1, 0.15) is 6.92 Å². The molecule has 3 aromatic heterocycles. The Morgan fingerprint density at radius 1 is 1.31 bits per heavy atom. The summed E-state index contributed by atoms with van der Waals surface area (Å²) in [5.74, 6) is 2.28. The number of morpholine rings is 1. The minimum atomic E-state index is -0.611. The normalized spacial score (nSPS) is 16.6. The van der Waals surface area contributed by atoms with Crippen molar-refractivity contribution in [2.75, 3.05) is 50.0 Å². The zero-order valence-electron chi connectivity index (χ0n) is 17.0. The molecule has 1 fully saturated rings. The lowest BCUT2D eigenvalue weighted by atomic mass is 10.1. The molecule has 0 spiro atoms. The van der Waals surface area contributed by atoms with Crippen LogP contribution in [0.3, 0.4) is 0 Å². The molecule has 1 saturated heterocycles. The second-order valence-corrected chi connectivity index (χ2v) is 8.27. The number of aromatic nitrogens is 4. The van der Waals surface area contributed by atoms with E-state index in [1.165, 1.54) is 0 Å². The largest absolute Gasteiger partial charge is 0.481 e. The smallest absolute Gasteiger partial charge is 0.215 e. The number of aromatic amines is 1. The number of nitrogens with one attached hydrogen (secondary N) is 1. The van der Waals surface area contributed by atoms with Gasteiger partial charge in [-0.2, -0.15) is 4.98 Å². The van der Waals surface area contributed by atoms with Crippen LogP contribution < -0.4 is 15.4 Å². The highest BCUT2D eigenvalue weighted by molar-refractivity contribution is 7.83. The topological polar surface area (TPSA) is 119 Å². The Kier molecular flexibility index (Phi) is 6.65. The third-order valence-electron chi connectivity index (χ3n) is 4.35. The van der Waals surface area contributed by atoms with Crippen molar-refractivity contribution >= 4 is 33.5 Å². The molecule has 0 radical (unpaired) electrons. The first-order chi connectivity index (χ1) is 13.9. The molecule has 1 unspecified atom stereocenters. The summed E-state index contributed by atoms with van der Waals surface area (Å²) in [4.78, 5) is 18.9. The summed E-state index contributed by atoms with van der Waals surface area (Å²) in [5.41, 5.74) is 7.63. The summed E-state index contributed by atoms with van der Waals surface area (Å²) in [6, 6.07) is 5.81. The third-order valence-corrected chi connectivity index (χ3v) is 4.35. The summed E-state index contributed by atoms with van der Waals surface area (Å²) >= 11 is 0. The molecule has 29 heavy (non-hydrogen) atoms. The van der Waals surface area contributed by atoms with E-state index < -0.39 is 10.8 Å². The number of fused-ring (bicyclic) bond motifs is 1. The van der Waals surface area contributed by atoms with Crippen LogP contribution in [0.4, 0.5) is 11.6 Å². The molecule has 0 aromatic carbocycles. The zero-order valence-corrected chi connectivity index (χ0v) is 17.8. The van der Waals surface area contributed by atoms with Crippen LogP contribution in [-0.4, -0.2) is 69.6 Å². The number of pyridine rings is 1. The van der Waals surface area contributed by atoms with Gasteiger partial charge in [-0.25, -0.2) is 9.97 Å². The van der Waals surface area contributed by atoms with Crippen LogP contribution in [0.5, 0.6) is 5.88 Å². The molecule has 9 nitrogen and oxygen atoms in total. The molecule has 3 aromatic rings. The van der Waals surface area contributed by atoms with Crippen LogP contribution in [0.2, 0.25) is 0 Å². The Labute approximate surface area is 172 Å². The Balaban J connectivity index is 0.000000552. The van der Waals surface area contributed by atoms with Gasteiger partial charge in [0, 0.05) is 59.1 Å². The van der Waals surface area contributed by atoms with Gasteiger partial charge in [0.2, 0.25) is 5.88 Å². The number of nitrogen functional groups attached to an aromatic ring is 1. The number of nitrogens with two attached hydrogens (primary N) is 1. The number of hydrogen-bond acceptors (Lipinski definition) is 8. The predicted octanol–water partition coefficient (Wildman–Crippen LogP) is 1.83. The van der Waals surface area contributed by atoms with Crippen LogP contribution >= 0.6 is 0 Å². The summed E-state index contributed by atoms with van der Waals surface area (Å²) < 4.78 is 20.4. The number of H-pyrrole nitrogens is 1. The lowest BCUT2D eigenvalue weighted by Crippen LogP contribution is -2.44. The minimum absolute atomic E-state index is 0.232. The van der Waals surface area contributed by atoms with Crippen LogP contribution in [-0.2, 0) is 15.5 Å². The first kappa shape index (κ1) is 21.0. The van der Waals surface area contributed by atoms with Gasteiger partial charge in [0.05, 0.1) is 26.4 Å². The molecule has 0 amide bonds. The number of nitrogens with zero attached hydrogens (tertiary/aromatic N) is 4. The van der Waals surface area contributed by atoms with E-state index in [9.17, 15) is 4.21 Å². The maximum atomic E-state index is 9.56. The average Bonchev–Trinajstić information content (AvgIpc) is 3.15. The van der Waals surface area contributed by atoms with Gasteiger partial charge in [-0.05, 0) is 13.0 Å². The van der Waals surface area contributed by atoms with E-state index in [0.717, 1.165) is 29.0 Å². The van der Waals surface area contributed by atoms with Crippen molar-refractivity contribution in [1.29, 1.82) is 0 Å². The van der Waals surface area contributed by atoms with Gasteiger partial charge < -0.3 is 25.1 Å². The van der Waals surface area contributed by atoms with Gasteiger partial charge in [0.1, 0.15) is 17.3 Å². The molecular formula is C19H26N6O3S. The molecule has 1 atom stereocenters. The fourth-order valence-corrected chi connectivity index (χ4v) is 3.09. The standard InChI is InChI=1S/C17H20N6O2.C2H6OS/c1-10-9-25-6-5-23(10)14-8-13(18)20-17(21-14)12-7-15(24-2)22-16-11(12)3-4-19-16;1-4(2)3/h3-4,7-8,10H,5-6,9H2,1-2H3,(H,19,22)(H2,18,20,21);1-2H3. The first-order valence-electron chi connectivity index (χ1n) is 9.15. The van der Waals surface area contributed by atoms with Crippen molar-refractivity contribution in [2.45, 2.75) is 13.0 Å². The molecule has 3 N–H and O–H groups in total. The van der Waals surface area contributed by atoms with Gasteiger partial charge in [-0.3, -0.25) is 4.21 Å². The van der Waals surface area contributed by atoms with Crippen molar-refractivity contribution in [1.82, 2.24) is 19.9 Å².